The molecule has 0 aromatic heterocycles. The molecular formula is C17H14Cl2O2. The zero-order chi connectivity index (χ0) is 14.8. The van der Waals surface area contributed by atoms with Crippen LogP contribution >= 0.6 is 23.2 Å². The van der Waals surface area contributed by atoms with E-state index in [2.05, 4.69) is 0 Å². The normalized spacial score (nSPS) is 13.6. The van der Waals surface area contributed by atoms with E-state index >= 15 is 0 Å². The molecule has 0 spiro atoms. The van der Waals surface area contributed by atoms with Gasteiger partial charge in [0.2, 0.25) is 0 Å². The maximum Gasteiger partial charge on any atom is 0.343 e. The van der Waals surface area contributed by atoms with Gasteiger partial charge in [0, 0.05) is 0 Å². The lowest BCUT2D eigenvalue weighted by atomic mass is 9.92. The molecule has 0 amide bonds. The highest BCUT2D eigenvalue weighted by molar-refractivity contribution is 6.42. The molecule has 0 bridgehead atoms. The smallest absolute Gasteiger partial charge is 0.343 e. The molecule has 0 aliphatic heterocycles. The molecule has 1 aliphatic carbocycles. The van der Waals surface area contributed by atoms with Crippen molar-refractivity contribution < 1.29 is 9.53 Å². The van der Waals surface area contributed by atoms with Gasteiger partial charge in [-0.25, -0.2) is 4.79 Å². The number of carbonyl (C=O) groups is 1. The lowest BCUT2D eigenvalue weighted by molar-refractivity contribution is 0.0734. The largest absolute Gasteiger partial charge is 0.423 e. The van der Waals surface area contributed by atoms with Crippen LogP contribution in [-0.4, -0.2) is 5.97 Å². The van der Waals surface area contributed by atoms with Gasteiger partial charge in [0.25, 0.3) is 0 Å². The van der Waals surface area contributed by atoms with Crippen LogP contribution in [0.2, 0.25) is 10.0 Å². The summed E-state index contributed by atoms with van der Waals surface area (Å²) in [6, 6.07) is 10.6. The maximum absolute atomic E-state index is 12.1. The standard InChI is InChI=1S/C17H14Cl2O2/c18-15-8-6-13(10-16(15)19)17(20)21-14-7-5-11-3-1-2-4-12(11)9-14/h5-10H,1-4H2. The molecule has 21 heavy (non-hydrogen) atoms. The van der Waals surface area contributed by atoms with Gasteiger partial charge in [-0.1, -0.05) is 29.3 Å². The van der Waals surface area contributed by atoms with E-state index in [0.29, 0.717) is 21.4 Å². The first-order chi connectivity index (χ1) is 10.1. The molecule has 2 nitrogen and oxygen atoms in total. The maximum atomic E-state index is 12.1. The van der Waals surface area contributed by atoms with E-state index < -0.39 is 5.97 Å². The highest BCUT2D eigenvalue weighted by Crippen LogP contribution is 2.27. The van der Waals surface area contributed by atoms with Crippen molar-refractivity contribution in [2.45, 2.75) is 25.7 Å². The van der Waals surface area contributed by atoms with Gasteiger partial charge in [0.1, 0.15) is 5.75 Å². The number of aryl methyl sites for hydroxylation is 2. The molecule has 0 heterocycles. The van der Waals surface area contributed by atoms with Crippen LogP contribution in [0.25, 0.3) is 0 Å². The van der Waals surface area contributed by atoms with Crippen molar-refractivity contribution in [3.8, 4) is 5.75 Å². The van der Waals surface area contributed by atoms with E-state index in [1.54, 1.807) is 12.1 Å². The Kier molecular flexibility index (Phi) is 4.18. The second kappa shape index (κ2) is 6.08. The van der Waals surface area contributed by atoms with Gasteiger partial charge in [-0.15, -0.1) is 0 Å². The topological polar surface area (TPSA) is 26.3 Å². The fourth-order valence-corrected chi connectivity index (χ4v) is 2.86. The number of esters is 1. The van der Waals surface area contributed by atoms with Crippen LogP contribution in [0, 0.1) is 0 Å². The molecule has 2 aromatic rings. The molecule has 0 unspecified atom stereocenters. The van der Waals surface area contributed by atoms with Crippen molar-refractivity contribution in [1.29, 1.82) is 0 Å². The second-order valence-electron chi connectivity index (χ2n) is 5.16. The number of hydrogen-bond acceptors (Lipinski definition) is 2. The van der Waals surface area contributed by atoms with Gasteiger partial charge >= 0.3 is 5.97 Å². The van der Waals surface area contributed by atoms with Crippen molar-refractivity contribution in [3.05, 3.63) is 63.1 Å². The average Bonchev–Trinajstić information content (AvgIpc) is 2.50. The summed E-state index contributed by atoms with van der Waals surface area (Å²) in [5.74, 6) is 0.149. The summed E-state index contributed by atoms with van der Waals surface area (Å²) < 4.78 is 5.42. The zero-order valence-corrected chi connectivity index (χ0v) is 12.9. The third-order valence-corrected chi connectivity index (χ3v) is 4.42. The minimum Gasteiger partial charge on any atom is -0.423 e. The molecule has 0 fully saturated rings. The van der Waals surface area contributed by atoms with Gasteiger partial charge in [-0.3, -0.25) is 0 Å². The summed E-state index contributed by atoms with van der Waals surface area (Å²) in [6.07, 6.45) is 4.58. The Labute approximate surface area is 133 Å². The Balaban J connectivity index is 1.79. The van der Waals surface area contributed by atoms with Crippen LogP contribution < -0.4 is 4.74 Å². The molecule has 0 N–H and O–H groups in total. The van der Waals surface area contributed by atoms with Crippen molar-refractivity contribution in [1.82, 2.24) is 0 Å². The SMILES string of the molecule is O=C(Oc1ccc2c(c1)CCCC2)c1ccc(Cl)c(Cl)c1. The van der Waals surface area contributed by atoms with Gasteiger partial charge in [-0.05, 0) is 67.1 Å². The number of ether oxygens (including phenoxy) is 1. The minimum atomic E-state index is -0.427. The van der Waals surface area contributed by atoms with E-state index in [4.69, 9.17) is 27.9 Å². The van der Waals surface area contributed by atoms with Crippen LogP contribution in [-0.2, 0) is 12.8 Å². The van der Waals surface area contributed by atoms with Crippen molar-refractivity contribution in [2.75, 3.05) is 0 Å². The quantitative estimate of drug-likeness (QED) is 0.569. The Hall–Kier alpha value is -1.51. The van der Waals surface area contributed by atoms with Gasteiger partial charge in [0.05, 0.1) is 15.6 Å². The number of fused-ring (bicyclic) bond motifs is 1. The molecule has 0 radical (unpaired) electrons. The predicted molar refractivity (Wildman–Crippen MR) is 84.5 cm³/mol. The Morgan fingerprint density at radius 2 is 1.67 bits per heavy atom. The molecule has 2 aromatic carbocycles. The predicted octanol–water partition coefficient (Wildman–Crippen LogP) is 5.09. The highest BCUT2D eigenvalue weighted by atomic mass is 35.5. The summed E-state index contributed by atoms with van der Waals surface area (Å²) in [7, 11) is 0. The van der Waals surface area contributed by atoms with E-state index in [9.17, 15) is 4.79 Å². The minimum absolute atomic E-state index is 0.344. The molecule has 0 saturated carbocycles. The van der Waals surface area contributed by atoms with Crippen LogP contribution in [0.5, 0.6) is 5.75 Å². The molecule has 3 rings (SSSR count). The first-order valence-electron chi connectivity index (χ1n) is 6.92. The Bertz CT molecular complexity index is 695. The first kappa shape index (κ1) is 14.4. The summed E-state index contributed by atoms with van der Waals surface area (Å²) in [4.78, 5) is 12.1. The third-order valence-electron chi connectivity index (χ3n) is 3.69. The number of hydrogen-bond donors (Lipinski definition) is 0. The van der Waals surface area contributed by atoms with E-state index in [1.165, 1.54) is 30.0 Å². The summed E-state index contributed by atoms with van der Waals surface area (Å²) in [5, 5.41) is 0.763. The van der Waals surface area contributed by atoms with Crippen molar-refractivity contribution >= 4 is 29.2 Å². The zero-order valence-electron chi connectivity index (χ0n) is 11.4. The molecule has 108 valence electrons. The van der Waals surface area contributed by atoms with Crippen LogP contribution in [0.1, 0.15) is 34.3 Å². The summed E-state index contributed by atoms with van der Waals surface area (Å²) in [5.41, 5.74) is 3.03. The molecule has 0 atom stereocenters. The van der Waals surface area contributed by atoms with E-state index in [-0.39, 0.29) is 0 Å². The van der Waals surface area contributed by atoms with E-state index in [0.717, 1.165) is 12.8 Å². The first-order valence-corrected chi connectivity index (χ1v) is 7.68. The lowest BCUT2D eigenvalue weighted by Gasteiger charge is -2.16. The van der Waals surface area contributed by atoms with Crippen molar-refractivity contribution in [2.24, 2.45) is 0 Å². The number of rotatable bonds is 2. The number of carbonyl (C=O) groups excluding carboxylic acids is 1. The third kappa shape index (κ3) is 3.22. The van der Waals surface area contributed by atoms with Gasteiger partial charge < -0.3 is 4.74 Å². The average molecular weight is 321 g/mol. The molecule has 4 heteroatoms. The fraction of sp³-hybridized carbons (Fsp3) is 0.235. The monoisotopic (exact) mass is 320 g/mol. The lowest BCUT2D eigenvalue weighted by Crippen LogP contribution is -2.10. The van der Waals surface area contributed by atoms with E-state index in [1.807, 2.05) is 18.2 Å². The molecular weight excluding hydrogens is 307 g/mol. The molecule has 1 aliphatic rings. The highest BCUT2D eigenvalue weighted by Gasteiger charge is 2.14. The van der Waals surface area contributed by atoms with Crippen LogP contribution in [0.15, 0.2) is 36.4 Å². The van der Waals surface area contributed by atoms with Gasteiger partial charge in [-0.2, -0.15) is 0 Å². The second-order valence-corrected chi connectivity index (χ2v) is 5.97. The summed E-state index contributed by atoms with van der Waals surface area (Å²) in [6.45, 7) is 0. The van der Waals surface area contributed by atoms with Crippen LogP contribution in [0.3, 0.4) is 0 Å². The number of halogens is 2. The Morgan fingerprint density at radius 1 is 0.905 bits per heavy atom. The Morgan fingerprint density at radius 3 is 2.43 bits per heavy atom. The molecule has 0 saturated heterocycles. The van der Waals surface area contributed by atoms with Crippen LogP contribution in [0.4, 0.5) is 0 Å². The number of benzene rings is 2. The van der Waals surface area contributed by atoms with Crippen molar-refractivity contribution in [3.63, 3.8) is 0 Å². The summed E-state index contributed by atoms with van der Waals surface area (Å²) >= 11 is 11.8. The van der Waals surface area contributed by atoms with Gasteiger partial charge in [0.15, 0.2) is 0 Å². The fourth-order valence-electron chi connectivity index (χ4n) is 2.56.